The number of hydrogen-bond donors (Lipinski definition) is 1. The van der Waals surface area contributed by atoms with E-state index in [1.54, 1.807) is 18.5 Å². The summed E-state index contributed by atoms with van der Waals surface area (Å²) >= 11 is 5.07. The molecule has 2 rings (SSSR count). The van der Waals surface area contributed by atoms with Crippen LogP contribution in [0.2, 0.25) is 0 Å². The lowest BCUT2D eigenvalue weighted by molar-refractivity contribution is 0.815. The lowest BCUT2D eigenvalue weighted by atomic mass is 10.1. The molecule has 88 valence electrons. The first kappa shape index (κ1) is 12.5. The average Bonchev–Trinajstić information content (AvgIpc) is 2.33. The van der Waals surface area contributed by atoms with Crippen molar-refractivity contribution in [3.63, 3.8) is 0 Å². The summed E-state index contributed by atoms with van der Waals surface area (Å²) in [4.78, 5) is 9.44. The van der Waals surface area contributed by atoms with Gasteiger partial charge in [0.15, 0.2) is 5.16 Å². The SMILES string of the molecule is C[C@@H](N)c1ccc(Sc2ncccn2)c(Br)c1. The van der Waals surface area contributed by atoms with Crippen LogP contribution in [0.3, 0.4) is 0 Å². The Hall–Kier alpha value is -0.910. The van der Waals surface area contributed by atoms with Crippen molar-refractivity contribution in [2.24, 2.45) is 5.73 Å². The van der Waals surface area contributed by atoms with Crippen LogP contribution in [-0.4, -0.2) is 9.97 Å². The molecular formula is C12H12BrN3S. The van der Waals surface area contributed by atoms with E-state index in [0.29, 0.717) is 0 Å². The molecule has 0 bridgehead atoms. The number of halogens is 1. The summed E-state index contributed by atoms with van der Waals surface area (Å²) in [6.07, 6.45) is 3.47. The third-order valence-electron chi connectivity index (χ3n) is 2.23. The number of benzene rings is 1. The molecule has 0 aliphatic carbocycles. The fourth-order valence-corrected chi connectivity index (χ4v) is 2.68. The summed E-state index contributed by atoms with van der Waals surface area (Å²) < 4.78 is 1.02. The van der Waals surface area contributed by atoms with Crippen LogP contribution >= 0.6 is 27.7 Å². The summed E-state index contributed by atoms with van der Waals surface area (Å²) in [6, 6.07) is 7.94. The molecule has 0 saturated heterocycles. The molecule has 0 saturated carbocycles. The topological polar surface area (TPSA) is 51.8 Å². The summed E-state index contributed by atoms with van der Waals surface area (Å²) in [5.74, 6) is 0. The van der Waals surface area contributed by atoms with Gasteiger partial charge in [0.1, 0.15) is 0 Å². The van der Waals surface area contributed by atoms with E-state index in [-0.39, 0.29) is 6.04 Å². The van der Waals surface area contributed by atoms with Crippen molar-refractivity contribution >= 4 is 27.7 Å². The molecule has 1 aromatic heterocycles. The standard InChI is InChI=1S/C12H12BrN3S/c1-8(14)9-3-4-11(10(13)7-9)17-12-15-5-2-6-16-12/h2-8H,14H2,1H3/t8-/m1/s1. The van der Waals surface area contributed by atoms with Crippen LogP contribution in [-0.2, 0) is 0 Å². The first-order chi connectivity index (χ1) is 8.16. The minimum atomic E-state index is 0.0401. The number of nitrogens with zero attached hydrogens (tertiary/aromatic N) is 2. The highest BCUT2D eigenvalue weighted by Crippen LogP contribution is 2.32. The van der Waals surface area contributed by atoms with Gasteiger partial charge in [-0.1, -0.05) is 6.07 Å². The Labute approximate surface area is 113 Å². The number of rotatable bonds is 3. The minimum Gasteiger partial charge on any atom is -0.324 e. The number of aromatic nitrogens is 2. The van der Waals surface area contributed by atoms with E-state index in [1.807, 2.05) is 25.1 Å². The van der Waals surface area contributed by atoms with E-state index in [9.17, 15) is 0 Å². The first-order valence-corrected chi connectivity index (χ1v) is 6.77. The second-order valence-electron chi connectivity index (χ2n) is 3.61. The van der Waals surface area contributed by atoms with Crippen molar-refractivity contribution in [1.82, 2.24) is 9.97 Å². The van der Waals surface area contributed by atoms with Crippen molar-refractivity contribution in [2.75, 3.05) is 0 Å². The van der Waals surface area contributed by atoms with Gasteiger partial charge in [-0.15, -0.1) is 0 Å². The van der Waals surface area contributed by atoms with E-state index in [2.05, 4.69) is 25.9 Å². The molecule has 0 aliphatic rings. The second-order valence-corrected chi connectivity index (χ2v) is 5.48. The van der Waals surface area contributed by atoms with E-state index >= 15 is 0 Å². The molecule has 3 nitrogen and oxygen atoms in total. The van der Waals surface area contributed by atoms with Crippen molar-refractivity contribution < 1.29 is 0 Å². The van der Waals surface area contributed by atoms with Crippen LogP contribution in [0.15, 0.2) is 51.2 Å². The molecule has 0 spiro atoms. The average molecular weight is 310 g/mol. The van der Waals surface area contributed by atoms with Crippen molar-refractivity contribution in [3.8, 4) is 0 Å². The maximum atomic E-state index is 5.83. The first-order valence-electron chi connectivity index (χ1n) is 5.16. The predicted molar refractivity (Wildman–Crippen MR) is 72.9 cm³/mol. The zero-order valence-electron chi connectivity index (χ0n) is 9.30. The molecule has 1 atom stereocenters. The van der Waals surface area contributed by atoms with Crippen LogP contribution in [0.1, 0.15) is 18.5 Å². The van der Waals surface area contributed by atoms with Gasteiger partial charge in [0, 0.05) is 27.8 Å². The normalized spacial score (nSPS) is 12.4. The maximum absolute atomic E-state index is 5.83. The molecule has 0 fully saturated rings. The third kappa shape index (κ3) is 3.28. The third-order valence-corrected chi connectivity index (χ3v) is 4.11. The Morgan fingerprint density at radius 2 is 2.00 bits per heavy atom. The fourth-order valence-electron chi connectivity index (χ4n) is 1.32. The van der Waals surface area contributed by atoms with Crippen molar-refractivity contribution in [2.45, 2.75) is 23.0 Å². The van der Waals surface area contributed by atoms with Crippen LogP contribution in [0.5, 0.6) is 0 Å². The zero-order chi connectivity index (χ0) is 12.3. The van der Waals surface area contributed by atoms with Crippen LogP contribution < -0.4 is 5.73 Å². The van der Waals surface area contributed by atoms with E-state index in [1.165, 1.54) is 11.8 Å². The lowest BCUT2D eigenvalue weighted by Crippen LogP contribution is -2.04. The van der Waals surface area contributed by atoms with Crippen molar-refractivity contribution in [3.05, 3.63) is 46.7 Å². The highest BCUT2D eigenvalue weighted by atomic mass is 79.9. The molecule has 0 unspecified atom stereocenters. The van der Waals surface area contributed by atoms with Gasteiger partial charge >= 0.3 is 0 Å². The van der Waals surface area contributed by atoms with Gasteiger partial charge in [-0.05, 0) is 58.4 Å². The minimum absolute atomic E-state index is 0.0401. The zero-order valence-corrected chi connectivity index (χ0v) is 11.7. The predicted octanol–water partition coefficient (Wildman–Crippen LogP) is 3.41. The Balaban J connectivity index is 2.23. The van der Waals surface area contributed by atoms with E-state index < -0.39 is 0 Å². The molecule has 2 aromatic rings. The monoisotopic (exact) mass is 309 g/mol. The van der Waals surface area contributed by atoms with Gasteiger partial charge in [0.2, 0.25) is 0 Å². The molecule has 17 heavy (non-hydrogen) atoms. The molecule has 1 heterocycles. The fraction of sp³-hybridized carbons (Fsp3) is 0.167. The van der Waals surface area contributed by atoms with E-state index in [0.717, 1.165) is 20.1 Å². The van der Waals surface area contributed by atoms with E-state index in [4.69, 9.17) is 5.73 Å². The van der Waals surface area contributed by atoms with Crippen LogP contribution in [0.25, 0.3) is 0 Å². The Bertz CT molecular complexity index is 502. The highest BCUT2D eigenvalue weighted by molar-refractivity contribution is 9.10. The summed E-state index contributed by atoms with van der Waals surface area (Å²) in [6.45, 7) is 1.97. The van der Waals surface area contributed by atoms with Crippen molar-refractivity contribution in [1.29, 1.82) is 0 Å². The molecule has 0 aliphatic heterocycles. The smallest absolute Gasteiger partial charge is 0.192 e. The second kappa shape index (κ2) is 5.62. The molecule has 0 radical (unpaired) electrons. The number of hydrogen-bond acceptors (Lipinski definition) is 4. The summed E-state index contributed by atoms with van der Waals surface area (Å²) in [5.41, 5.74) is 6.94. The Morgan fingerprint density at radius 1 is 1.29 bits per heavy atom. The summed E-state index contributed by atoms with van der Waals surface area (Å²) in [5, 5.41) is 0.738. The Morgan fingerprint density at radius 3 is 2.59 bits per heavy atom. The van der Waals surface area contributed by atoms with Gasteiger partial charge in [0.25, 0.3) is 0 Å². The lowest BCUT2D eigenvalue weighted by Gasteiger charge is -2.08. The number of nitrogens with two attached hydrogens (primary N) is 1. The summed E-state index contributed by atoms with van der Waals surface area (Å²) in [7, 11) is 0. The molecule has 5 heteroatoms. The molecule has 2 N–H and O–H groups in total. The highest BCUT2D eigenvalue weighted by Gasteiger charge is 2.07. The largest absolute Gasteiger partial charge is 0.324 e. The van der Waals surface area contributed by atoms with Gasteiger partial charge in [-0.25, -0.2) is 9.97 Å². The van der Waals surface area contributed by atoms with Crippen LogP contribution in [0, 0.1) is 0 Å². The van der Waals surface area contributed by atoms with Gasteiger partial charge in [-0.2, -0.15) is 0 Å². The molecular weight excluding hydrogens is 298 g/mol. The molecule has 0 amide bonds. The quantitative estimate of drug-likeness (QED) is 0.883. The van der Waals surface area contributed by atoms with Gasteiger partial charge < -0.3 is 5.73 Å². The Kier molecular flexibility index (Phi) is 4.15. The van der Waals surface area contributed by atoms with Gasteiger partial charge in [-0.3, -0.25) is 0 Å². The van der Waals surface area contributed by atoms with Gasteiger partial charge in [0.05, 0.1) is 0 Å². The maximum Gasteiger partial charge on any atom is 0.192 e. The van der Waals surface area contributed by atoms with Crippen LogP contribution in [0.4, 0.5) is 0 Å². The molecule has 1 aromatic carbocycles.